The first-order valence-corrected chi connectivity index (χ1v) is 11.5. The van der Waals surface area contributed by atoms with E-state index in [0.29, 0.717) is 19.5 Å². The van der Waals surface area contributed by atoms with Gasteiger partial charge in [-0.15, -0.1) is 0 Å². The number of rotatable bonds is 7. The van der Waals surface area contributed by atoms with Gasteiger partial charge in [0, 0.05) is 31.5 Å². The topological polar surface area (TPSA) is 84.0 Å². The molecule has 1 aliphatic rings. The average molecular weight is 409 g/mol. The van der Waals surface area contributed by atoms with Crippen LogP contribution < -0.4 is 10.0 Å². The Balaban J connectivity index is 1.66. The van der Waals surface area contributed by atoms with Gasteiger partial charge in [-0.1, -0.05) is 54.1 Å². The number of hydrogen-bond acceptors (Lipinski definition) is 5. The Labute approximate surface area is 171 Å². The Morgan fingerprint density at radius 1 is 1.03 bits per heavy atom. The molecule has 150 valence electrons. The summed E-state index contributed by atoms with van der Waals surface area (Å²) in [5.74, 6) is 1.52. The fourth-order valence-electron chi connectivity index (χ4n) is 3.67. The third kappa shape index (κ3) is 4.63. The molecule has 4 rings (SSSR count). The smallest absolute Gasteiger partial charge is 0.208 e. The van der Waals surface area contributed by atoms with E-state index in [1.54, 1.807) is 0 Å². The van der Waals surface area contributed by atoms with Crippen molar-refractivity contribution in [1.29, 1.82) is 0 Å². The zero-order valence-electron chi connectivity index (χ0n) is 16.6. The summed E-state index contributed by atoms with van der Waals surface area (Å²) in [6.07, 6.45) is 2.60. The highest BCUT2D eigenvalue weighted by Crippen LogP contribution is 2.40. The molecule has 0 spiro atoms. The Morgan fingerprint density at radius 2 is 1.83 bits per heavy atom. The largest absolute Gasteiger partial charge is 0.368 e. The average Bonchev–Trinajstić information content (AvgIpc) is 3.02. The van der Waals surface area contributed by atoms with Crippen molar-refractivity contribution in [3.8, 4) is 11.1 Å². The third-order valence-corrected chi connectivity index (χ3v) is 5.63. The zero-order valence-corrected chi connectivity index (χ0v) is 17.4. The number of anilines is 1. The molecule has 2 aromatic carbocycles. The van der Waals surface area contributed by atoms with Gasteiger partial charge in [0.15, 0.2) is 0 Å². The maximum Gasteiger partial charge on any atom is 0.208 e. The standard InChI is InChI=1S/C22H24N4O2S/c1-15-8-9-18-17(12-15)14-19-21(18)22(23-10-11-24-29(2,27)28)26-20(25-19)13-16-6-4-3-5-7-16/h3-9,12,24H,10-11,13-14H2,1-2H3,(H,23,25,26). The lowest BCUT2D eigenvalue weighted by molar-refractivity contribution is 0.589. The normalized spacial score (nSPS) is 12.5. The van der Waals surface area contributed by atoms with Gasteiger partial charge in [-0.3, -0.25) is 0 Å². The van der Waals surface area contributed by atoms with E-state index < -0.39 is 10.0 Å². The molecule has 0 bridgehead atoms. The summed E-state index contributed by atoms with van der Waals surface area (Å²) in [6, 6.07) is 16.6. The van der Waals surface area contributed by atoms with Gasteiger partial charge in [-0.2, -0.15) is 0 Å². The first-order chi connectivity index (χ1) is 13.9. The summed E-state index contributed by atoms with van der Waals surface area (Å²) >= 11 is 0. The lowest BCUT2D eigenvalue weighted by Crippen LogP contribution is -2.28. The predicted molar refractivity (Wildman–Crippen MR) is 116 cm³/mol. The fourth-order valence-corrected chi connectivity index (χ4v) is 4.14. The molecule has 0 amide bonds. The van der Waals surface area contributed by atoms with Crippen LogP contribution in [0.25, 0.3) is 11.1 Å². The number of hydrogen-bond donors (Lipinski definition) is 2. The van der Waals surface area contributed by atoms with Crippen molar-refractivity contribution in [2.24, 2.45) is 0 Å². The molecule has 1 aromatic heterocycles. The van der Waals surface area contributed by atoms with Crippen LogP contribution >= 0.6 is 0 Å². The molecule has 2 N–H and O–H groups in total. The minimum absolute atomic E-state index is 0.298. The molecule has 0 fully saturated rings. The summed E-state index contributed by atoms with van der Waals surface area (Å²) in [4.78, 5) is 9.65. The molecule has 0 saturated carbocycles. The van der Waals surface area contributed by atoms with Crippen LogP contribution in [0.3, 0.4) is 0 Å². The van der Waals surface area contributed by atoms with Crippen LogP contribution in [0.4, 0.5) is 5.82 Å². The quantitative estimate of drug-likeness (QED) is 0.460. The molecule has 7 heteroatoms. The van der Waals surface area contributed by atoms with E-state index >= 15 is 0 Å². The maximum absolute atomic E-state index is 11.3. The van der Waals surface area contributed by atoms with Crippen molar-refractivity contribution in [3.63, 3.8) is 0 Å². The first kappa shape index (κ1) is 19.5. The molecule has 0 unspecified atom stereocenters. The first-order valence-electron chi connectivity index (χ1n) is 9.61. The van der Waals surface area contributed by atoms with E-state index in [1.807, 2.05) is 18.2 Å². The maximum atomic E-state index is 11.3. The van der Waals surface area contributed by atoms with Crippen molar-refractivity contribution in [3.05, 3.63) is 76.7 Å². The summed E-state index contributed by atoms with van der Waals surface area (Å²) in [5, 5.41) is 3.32. The van der Waals surface area contributed by atoms with Gasteiger partial charge < -0.3 is 5.32 Å². The second-order valence-electron chi connectivity index (χ2n) is 7.40. The summed E-state index contributed by atoms with van der Waals surface area (Å²) in [6.45, 7) is 2.83. The van der Waals surface area contributed by atoms with E-state index in [2.05, 4.69) is 47.3 Å². The van der Waals surface area contributed by atoms with E-state index in [-0.39, 0.29) is 0 Å². The Kier molecular flexibility index (Phi) is 5.34. The second kappa shape index (κ2) is 7.93. The Hall–Kier alpha value is -2.77. The molecular weight excluding hydrogens is 384 g/mol. The van der Waals surface area contributed by atoms with Crippen LogP contribution in [0.1, 0.15) is 28.2 Å². The van der Waals surface area contributed by atoms with E-state index in [1.165, 1.54) is 11.1 Å². The highest BCUT2D eigenvalue weighted by Gasteiger charge is 2.25. The number of aryl methyl sites for hydroxylation is 1. The number of fused-ring (bicyclic) bond motifs is 3. The van der Waals surface area contributed by atoms with E-state index in [9.17, 15) is 8.42 Å². The number of nitrogens with zero attached hydrogens (tertiary/aromatic N) is 2. The van der Waals surface area contributed by atoms with Gasteiger partial charge in [-0.05, 0) is 23.6 Å². The Bertz CT molecular complexity index is 1140. The molecule has 0 atom stereocenters. The van der Waals surface area contributed by atoms with Crippen LogP contribution in [0, 0.1) is 6.92 Å². The lowest BCUT2D eigenvalue weighted by Gasteiger charge is -2.13. The van der Waals surface area contributed by atoms with Gasteiger partial charge >= 0.3 is 0 Å². The molecule has 1 heterocycles. The van der Waals surface area contributed by atoms with Crippen LogP contribution in [0.15, 0.2) is 48.5 Å². The number of sulfonamides is 1. The lowest BCUT2D eigenvalue weighted by atomic mass is 10.0. The highest BCUT2D eigenvalue weighted by molar-refractivity contribution is 7.88. The summed E-state index contributed by atoms with van der Waals surface area (Å²) in [5.41, 5.74) is 6.82. The van der Waals surface area contributed by atoms with Gasteiger partial charge in [0.1, 0.15) is 11.6 Å². The molecular formula is C22H24N4O2S. The molecule has 0 radical (unpaired) electrons. The molecule has 0 aliphatic heterocycles. The van der Waals surface area contributed by atoms with Crippen LogP contribution in [0.2, 0.25) is 0 Å². The number of aromatic nitrogens is 2. The molecule has 3 aromatic rings. The van der Waals surface area contributed by atoms with Gasteiger partial charge in [0.05, 0.1) is 11.9 Å². The van der Waals surface area contributed by atoms with Crippen LogP contribution in [-0.2, 0) is 22.9 Å². The van der Waals surface area contributed by atoms with Crippen molar-refractivity contribution in [2.45, 2.75) is 19.8 Å². The van der Waals surface area contributed by atoms with Crippen molar-refractivity contribution in [2.75, 3.05) is 24.7 Å². The van der Waals surface area contributed by atoms with Crippen molar-refractivity contribution < 1.29 is 8.42 Å². The minimum atomic E-state index is -3.22. The molecule has 1 aliphatic carbocycles. The van der Waals surface area contributed by atoms with Gasteiger partial charge in [-0.25, -0.2) is 23.1 Å². The molecule has 0 saturated heterocycles. The van der Waals surface area contributed by atoms with Crippen LogP contribution in [-0.4, -0.2) is 37.7 Å². The minimum Gasteiger partial charge on any atom is -0.368 e. The van der Waals surface area contributed by atoms with Crippen LogP contribution in [0.5, 0.6) is 0 Å². The second-order valence-corrected chi connectivity index (χ2v) is 9.24. The number of benzene rings is 2. The summed E-state index contributed by atoms with van der Waals surface area (Å²) in [7, 11) is -3.22. The van der Waals surface area contributed by atoms with Gasteiger partial charge in [0.25, 0.3) is 0 Å². The number of nitrogens with one attached hydrogen (secondary N) is 2. The molecule has 6 nitrogen and oxygen atoms in total. The SMILES string of the molecule is Cc1ccc2c(c1)Cc1nc(Cc3ccccc3)nc(NCCNS(C)(=O)=O)c1-2. The third-order valence-electron chi connectivity index (χ3n) is 4.90. The van der Waals surface area contributed by atoms with E-state index in [0.717, 1.165) is 46.7 Å². The van der Waals surface area contributed by atoms with Crippen molar-refractivity contribution in [1.82, 2.24) is 14.7 Å². The molecule has 29 heavy (non-hydrogen) atoms. The fraction of sp³-hybridized carbons (Fsp3) is 0.273. The van der Waals surface area contributed by atoms with Gasteiger partial charge in [0.2, 0.25) is 10.0 Å². The van der Waals surface area contributed by atoms with Crippen molar-refractivity contribution >= 4 is 15.8 Å². The zero-order chi connectivity index (χ0) is 20.4. The summed E-state index contributed by atoms with van der Waals surface area (Å²) < 4.78 is 25.1. The Morgan fingerprint density at radius 3 is 2.59 bits per heavy atom. The predicted octanol–water partition coefficient (Wildman–Crippen LogP) is 2.91. The van der Waals surface area contributed by atoms with E-state index in [4.69, 9.17) is 9.97 Å². The monoisotopic (exact) mass is 408 g/mol. The highest BCUT2D eigenvalue weighted by atomic mass is 32.2.